The highest BCUT2D eigenvalue weighted by atomic mass is 32.1. The molecular weight excluding hydrogens is 278 g/mol. The molecule has 0 aliphatic heterocycles. The monoisotopic (exact) mass is 297 g/mol. The zero-order chi connectivity index (χ0) is 14.8. The third-order valence-corrected chi connectivity index (χ3v) is 4.34. The Bertz CT molecular complexity index is 509. The highest BCUT2D eigenvalue weighted by Crippen LogP contribution is 2.39. The van der Waals surface area contributed by atoms with E-state index in [0.29, 0.717) is 23.9 Å². The van der Waals surface area contributed by atoms with Crippen molar-refractivity contribution in [1.29, 1.82) is 0 Å². The van der Waals surface area contributed by atoms with E-state index in [4.69, 9.17) is 5.11 Å². The molecule has 0 unspecified atom stereocenters. The number of carboxylic acids is 1. The smallest absolute Gasteiger partial charge is 0.355 e. The van der Waals surface area contributed by atoms with Gasteiger partial charge in [-0.1, -0.05) is 0 Å². The van der Waals surface area contributed by atoms with Crippen LogP contribution >= 0.6 is 11.3 Å². The molecule has 6 nitrogen and oxygen atoms in total. The maximum atomic E-state index is 11.8. The number of carboxylic acid groups (broad SMARTS) is 1. The van der Waals surface area contributed by atoms with Crippen LogP contribution in [-0.2, 0) is 6.42 Å². The van der Waals surface area contributed by atoms with E-state index in [0.717, 1.165) is 0 Å². The molecule has 0 saturated heterocycles. The van der Waals surface area contributed by atoms with Gasteiger partial charge in [-0.25, -0.2) is 14.6 Å². The van der Waals surface area contributed by atoms with E-state index < -0.39 is 5.97 Å². The Morgan fingerprint density at radius 1 is 1.50 bits per heavy atom. The molecule has 0 aromatic carbocycles. The number of nitrogens with one attached hydrogen (secondary N) is 2. The summed E-state index contributed by atoms with van der Waals surface area (Å²) in [5.74, 6) is -0.449. The van der Waals surface area contributed by atoms with Crippen LogP contribution in [0.5, 0.6) is 0 Å². The summed E-state index contributed by atoms with van der Waals surface area (Å²) in [6.45, 7) is 4.51. The second-order valence-electron chi connectivity index (χ2n) is 5.56. The Morgan fingerprint density at radius 3 is 2.75 bits per heavy atom. The fourth-order valence-corrected chi connectivity index (χ4v) is 2.82. The van der Waals surface area contributed by atoms with E-state index >= 15 is 0 Å². The molecule has 1 aliphatic rings. The molecule has 1 saturated carbocycles. The molecule has 1 fully saturated rings. The largest absolute Gasteiger partial charge is 0.476 e. The van der Waals surface area contributed by atoms with Crippen LogP contribution in [0.3, 0.4) is 0 Å². The van der Waals surface area contributed by atoms with E-state index in [1.165, 1.54) is 29.6 Å². The van der Waals surface area contributed by atoms with Crippen molar-refractivity contribution in [2.75, 3.05) is 6.54 Å². The number of nitrogens with zero attached hydrogens (tertiary/aromatic N) is 1. The molecule has 2 rings (SSSR count). The minimum absolute atomic E-state index is 0.0596. The molecule has 2 amide bonds. The van der Waals surface area contributed by atoms with Gasteiger partial charge in [0, 0.05) is 23.9 Å². The van der Waals surface area contributed by atoms with Gasteiger partial charge in [0.25, 0.3) is 0 Å². The predicted molar refractivity (Wildman–Crippen MR) is 76.1 cm³/mol. The van der Waals surface area contributed by atoms with Gasteiger partial charge in [-0.05, 0) is 32.6 Å². The van der Waals surface area contributed by atoms with E-state index in [2.05, 4.69) is 15.6 Å². The summed E-state index contributed by atoms with van der Waals surface area (Å²) >= 11 is 1.29. The quantitative estimate of drug-likeness (QED) is 0.747. The summed E-state index contributed by atoms with van der Waals surface area (Å²) in [6.07, 6.45) is 2.88. The van der Waals surface area contributed by atoms with E-state index in [1.807, 2.05) is 13.8 Å². The van der Waals surface area contributed by atoms with Crippen LogP contribution in [0.25, 0.3) is 0 Å². The summed E-state index contributed by atoms with van der Waals surface area (Å²) < 4.78 is 0. The highest BCUT2D eigenvalue weighted by molar-refractivity contribution is 7.09. The SMILES string of the molecule is CC(C)(NC(=O)NCCc1nc(C(=O)O)cs1)C1CC1. The second-order valence-corrected chi connectivity index (χ2v) is 6.50. The Kier molecular flexibility index (Phi) is 4.27. The van der Waals surface area contributed by atoms with Gasteiger partial charge in [0.2, 0.25) is 0 Å². The molecule has 0 spiro atoms. The van der Waals surface area contributed by atoms with Crippen LogP contribution in [-0.4, -0.2) is 34.2 Å². The average molecular weight is 297 g/mol. The van der Waals surface area contributed by atoms with Crippen molar-refractivity contribution in [2.24, 2.45) is 5.92 Å². The molecule has 1 aromatic heterocycles. The van der Waals surface area contributed by atoms with Crippen LogP contribution in [0.1, 0.15) is 42.2 Å². The Hall–Kier alpha value is -1.63. The van der Waals surface area contributed by atoms with Crippen LogP contribution in [0.2, 0.25) is 0 Å². The van der Waals surface area contributed by atoms with Gasteiger partial charge in [-0.3, -0.25) is 0 Å². The summed E-state index contributed by atoms with van der Waals surface area (Å²) in [7, 11) is 0. The van der Waals surface area contributed by atoms with Crippen LogP contribution in [0.4, 0.5) is 4.79 Å². The average Bonchev–Trinajstić information content (AvgIpc) is 3.10. The number of hydrogen-bond acceptors (Lipinski definition) is 4. The van der Waals surface area contributed by atoms with Crippen molar-refractivity contribution in [1.82, 2.24) is 15.6 Å². The molecule has 3 N–H and O–H groups in total. The first-order valence-electron chi connectivity index (χ1n) is 6.62. The van der Waals surface area contributed by atoms with Crippen molar-refractivity contribution >= 4 is 23.3 Å². The minimum Gasteiger partial charge on any atom is -0.476 e. The van der Waals surface area contributed by atoms with Gasteiger partial charge < -0.3 is 15.7 Å². The summed E-state index contributed by atoms with van der Waals surface area (Å²) in [5, 5.41) is 16.7. The lowest BCUT2D eigenvalue weighted by Gasteiger charge is -2.26. The summed E-state index contributed by atoms with van der Waals surface area (Å²) in [4.78, 5) is 26.4. The molecule has 7 heteroatoms. The van der Waals surface area contributed by atoms with Gasteiger partial charge in [-0.2, -0.15) is 0 Å². The lowest BCUT2D eigenvalue weighted by Crippen LogP contribution is -2.50. The van der Waals surface area contributed by atoms with Gasteiger partial charge in [0.15, 0.2) is 5.69 Å². The topological polar surface area (TPSA) is 91.3 Å². The maximum absolute atomic E-state index is 11.8. The van der Waals surface area contributed by atoms with Crippen molar-refractivity contribution in [2.45, 2.75) is 38.6 Å². The number of hydrogen-bond donors (Lipinski definition) is 3. The van der Waals surface area contributed by atoms with E-state index in [9.17, 15) is 9.59 Å². The van der Waals surface area contributed by atoms with Crippen LogP contribution in [0, 0.1) is 5.92 Å². The Labute approximate surface area is 121 Å². The molecular formula is C13H19N3O3S. The van der Waals surface area contributed by atoms with Crippen LogP contribution < -0.4 is 10.6 Å². The molecule has 20 heavy (non-hydrogen) atoms. The van der Waals surface area contributed by atoms with Crippen LogP contribution in [0.15, 0.2) is 5.38 Å². The lowest BCUT2D eigenvalue weighted by molar-refractivity contribution is 0.0691. The fraction of sp³-hybridized carbons (Fsp3) is 0.615. The minimum atomic E-state index is -1.02. The van der Waals surface area contributed by atoms with Gasteiger partial charge in [-0.15, -0.1) is 11.3 Å². The van der Waals surface area contributed by atoms with Gasteiger partial charge in [0.1, 0.15) is 0 Å². The molecule has 110 valence electrons. The zero-order valence-electron chi connectivity index (χ0n) is 11.6. The highest BCUT2D eigenvalue weighted by Gasteiger charge is 2.38. The molecule has 1 aliphatic carbocycles. The number of carbonyl (C=O) groups is 2. The number of aromatic carboxylic acids is 1. The number of thiazole rings is 1. The van der Waals surface area contributed by atoms with Crippen molar-refractivity contribution < 1.29 is 14.7 Å². The standard InChI is InChI=1S/C13H19N3O3S/c1-13(2,8-3-4-8)16-12(19)14-6-5-10-15-9(7-20-10)11(17)18/h7-8H,3-6H2,1-2H3,(H,17,18)(H2,14,16,19). The number of aromatic nitrogens is 1. The summed E-state index contributed by atoms with van der Waals surface area (Å²) in [5.41, 5.74) is -0.105. The summed E-state index contributed by atoms with van der Waals surface area (Å²) in [6, 6.07) is -0.183. The van der Waals surface area contributed by atoms with Crippen molar-refractivity contribution in [3.8, 4) is 0 Å². The zero-order valence-corrected chi connectivity index (χ0v) is 12.4. The molecule has 0 atom stereocenters. The number of amides is 2. The normalized spacial score (nSPS) is 14.9. The third kappa shape index (κ3) is 3.93. The van der Waals surface area contributed by atoms with E-state index in [-0.39, 0.29) is 17.3 Å². The van der Waals surface area contributed by atoms with Crippen molar-refractivity contribution in [3.63, 3.8) is 0 Å². The molecule has 1 aromatic rings. The van der Waals surface area contributed by atoms with Gasteiger partial charge in [0.05, 0.1) is 5.01 Å². The number of urea groups is 1. The predicted octanol–water partition coefficient (Wildman–Crippen LogP) is 1.87. The molecule has 1 heterocycles. The third-order valence-electron chi connectivity index (χ3n) is 3.43. The Balaban J connectivity index is 1.72. The first kappa shape index (κ1) is 14.8. The maximum Gasteiger partial charge on any atom is 0.355 e. The Morgan fingerprint density at radius 2 is 2.20 bits per heavy atom. The molecule has 0 bridgehead atoms. The van der Waals surface area contributed by atoms with Gasteiger partial charge >= 0.3 is 12.0 Å². The lowest BCUT2D eigenvalue weighted by atomic mass is 9.99. The van der Waals surface area contributed by atoms with Crippen molar-refractivity contribution in [3.05, 3.63) is 16.1 Å². The second kappa shape index (κ2) is 5.78. The first-order chi connectivity index (χ1) is 9.38. The number of rotatable bonds is 6. The number of carbonyl (C=O) groups excluding carboxylic acids is 1. The molecule has 0 radical (unpaired) electrons. The first-order valence-corrected chi connectivity index (χ1v) is 7.50. The van der Waals surface area contributed by atoms with E-state index in [1.54, 1.807) is 0 Å². The fourth-order valence-electron chi connectivity index (χ4n) is 2.05.